The van der Waals surface area contributed by atoms with Gasteiger partial charge in [-0.1, -0.05) is 78.9 Å². The lowest BCUT2D eigenvalue weighted by Crippen LogP contribution is -2.00. The van der Waals surface area contributed by atoms with E-state index in [0.29, 0.717) is 5.95 Å². The lowest BCUT2D eigenvalue weighted by Gasteiger charge is -2.08. The number of hydrogen-bond acceptors (Lipinski definition) is 2. The van der Waals surface area contributed by atoms with E-state index in [0.717, 1.165) is 22.2 Å². The first kappa shape index (κ1) is 22.5. The Balaban J connectivity index is 1.24. The van der Waals surface area contributed by atoms with E-state index in [-0.39, 0.29) is 0 Å². The van der Waals surface area contributed by atoms with Crippen molar-refractivity contribution in [3.05, 3.63) is 146 Å². The molecule has 0 saturated carbocycles. The van der Waals surface area contributed by atoms with E-state index in [1.54, 1.807) is 0 Å². The summed E-state index contributed by atoms with van der Waals surface area (Å²) in [6, 6.07) is 44.8. The highest BCUT2D eigenvalue weighted by Gasteiger charge is 2.15. The van der Waals surface area contributed by atoms with Crippen molar-refractivity contribution in [2.24, 2.45) is 0 Å². The van der Waals surface area contributed by atoms with Crippen LogP contribution >= 0.6 is 0 Å². The molecule has 0 spiro atoms. The third kappa shape index (κ3) is 3.62. The van der Waals surface area contributed by atoms with Crippen LogP contribution in [0.25, 0.3) is 66.6 Å². The van der Waals surface area contributed by atoms with Gasteiger partial charge in [0.2, 0.25) is 5.95 Å². The maximum Gasteiger partial charge on any atom is 0.234 e. The van der Waals surface area contributed by atoms with Crippen molar-refractivity contribution in [3.63, 3.8) is 0 Å². The van der Waals surface area contributed by atoms with Crippen LogP contribution < -0.4 is 0 Å². The maximum absolute atomic E-state index is 4.79. The molecule has 0 aliphatic rings. The summed E-state index contributed by atoms with van der Waals surface area (Å²) in [7, 11) is 0. The number of aromatic nitrogens is 4. The normalized spacial score (nSPS) is 11.5. The van der Waals surface area contributed by atoms with Gasteiger partial charge in [0.25, 0.3) is 0 Å². The van der Waals surface area contributed by atoms with Crippen LogP contribution in [0, 0.1) is 0 Å². The molecule has 0 atom stereocenters. The van der Waals surface area contributed by atoms with Crippen LogP contribution in [0.3, 0.4) is 0 Å². The van der Waals surface area contributed by atoms with Crippen molar-refractivity contribution in [2.75, 3.05) is 0 Å². The number of nitrogens with zero attached hydrogens (tertiary/aromatic N) is 4. The SMILES string of the molecule is c1ccc(-c2cnc(-n3c4ccccc4c4cc(-c5ccc6c(ccn6-c6ccccc6)c5)ccc43)nc2)cc1. The molecule has 0 bridgehead atoms. The third-order valence-electron chi connectivity index (χ3n) is 7.68. The molecule has 0 aliphatic carbocycles. The molecule has 4 heteroatoms. The second-order valence-corrected chi connectivity index (χ2v) is 10.0. The van der Waals surface area contributed by atoms with E-state index in [1.165, 1.54) is 38.5 Å². The Morgan fingerprint density at radius 2 is 1.10 bits per heavy atom. The molecule has 0 radical (unpaired) electrons. The van der Waals surface area contributed by atoms with E-state index in [2.05, 4.69) is 118 Å². The average Bonchev–Trinajstić information content (AvgIpc) is 3.61. The fourth-order valence-corrected chi connectivity index (χ4v) is 5.72. The monoisotopic (exact) mass is 512 g/mol. The van der Waals surface area contributed by atoms with Gasteiger partial charge in [-0.25, -0.2) is 9.97 Å². The third-order valence-corrected chi connectivity index (χ3v) is 7.68. The highest BCUT2D eigenvalue weighted by atomic mass is 15.1. The van der Waals surface area contributed by atoms with Gasteiger partial charge in [-0.2, -0.15) is 0 Å². The molecule has 4 nitrogen and oxygen atoms in total. The van der Waals surface area contributed by atoms with E-state index in [4.69, 9.17) is 9.97 Å². The minimum Gasteiger partial charge on any atom is -0.317 e. The molecule has 40 heavy (non-hydrogen) atoms. The van der Waals surface area contributed by atoms with Crippen LogP contribution in [0.15, 0.2) is 146 Å². The molecule has 0 saturated heterocycles. The predicted molar refractivity (Wildman–Crippen MR) is 164 cm³/mol. The molecule has 8 rings (SSSR count). The molecular formula is C36H24N4. The summed E-state index contributed by atoms with van der Waals surface area (Å²) >= 11 is 0. The van der Waals surface area contributed by atoms with Crippen molar-refractivity contribution >= 4 is 32.7 Å². The maximum atomic E-state index is 4.79. The Hall–Kier alpha value is -5.48. The van der Waals surface area contributed by atoms with Crippen LogP contribution in [-0.2, 0) is 0 Å². The number of hydrogen-bond donors (Lipinski definition) is 0. The van der Waals surface area contributed by atoms with E-state index in [9.17, 15) is 0 Å². The van der Waals surface area contributed by atoms with Gasteiger partial charge in [0.15, 0.2) is 0 Å². The predicted octanol–water partition coefficient (Wildman–Crippen LogP) is 8.85. The quantitative estimate of drug-likeness (QED) is 0.236. The fourth-order valence-electron chi connectivity index (χ4n) is 5.72. The van der Waals surface area contributed by atoms with Crippen molar-refractivity contribution in [3.8, 4) is 33.9 Å². The van der Waals surface area contributed by atoms with Crippen molar-refractivity contribution in [1.82, 2.24) is 19.1 Å². The zero-order valence-corrected chi connectivity index (χ0v) is 21.6. The van der Waals surface area contributed by atoms with Gasteiger partial charge in [0.05, 0.1) is 16.6 Å². The van der Waals surface area contributed by atoms with Crippen molar-refractivity contribution in [2.45, 2.75) is 0 Å². The Kier molecular flexibility index (Phi) is 5.10. The average molecular weight is 513 g/mol. The highest BCUT2D eigenvalue weighted by molar-refractivity contribution is 6.10. The Morgan fingerprint density at radius 1 is 0.450 bits per heavy atom. The molecular weight excluding hydrogens is 488 g/mol. The summed E-state index contributed by atoms with van der Waals surface area (Å²) in [4.78, 5) is 9.58. The van der Waals surface area contributed by atoms with Gasteiger partial charge in [-0.3, -0.25) is 4.57 Å². The topological polar surface area (TPSA) is 35.6 Å². The number of para-hydroxylation sites is 2. The summed E-state index contributed by atoms with van der Waals surface area (Å²) in [5, 5.41) is 3.59. The van der Waals surface area contributed by atoms with Crippen LogP contribution in [0.5, 0.6) is 0 Å². The summed E-state index contributed by atoms with van der Waals surface area (Å²) in [5.41, 5.74) is 9.04. The Morgan fingerprint density at radius 3 is 1.90 bits per heavy atom. The summed E-state index contributed by atoms with van der Waals surface area (Å²) in [6.07, 6.45) is 5.95. The van der Waals surface area contributed by atoms with Crippen LogP contribution in [-0.4, -0.2) is 19.1 Å². The molecule has 188 valence electrons. The minimum absolute atomic E-state index is 0.669. The molecule has 0 unspecified atom stereocenters. The lowest BCUT2D eigenvalue weighted by atomic mass is 10.0. The van der Waals surface area contributed by atoms with Crippen LogP contribution in [0.4, 0.5) is 0 Å². The molecule has 0 aliphatic heterocycles. The largest absolute Gasteiger partial charge is 0.317 e. The van der Waals surface area contributed by atoms with Crippen molar-refractivity contribution < 1.29 is 0 Å². The first-order chi connectivity index (χ1) is 19.8. The molecule has 3 heterocycles. The standard InChI is InChI=1S/C36H24N4/c1-3-9-25(10-4-1)29-23-37-36(38-24-29)40-34-14-8-7-13-31(34)32-22-27(16-18-35(32)40)26-15-17-33-28(21-26)19-20-39(33)30-11-5-2-6-12-30/h1-24H. The number of fused-ring (bicyclic) bond motifs is 4. The fraction of sp³-hybridized carbons (Fsp3) is 0. The molecule has 0 fully saturated rings. The number of benzene rings is 5. The Labute approximate surface area is 231 Å². The van der Waals surface area contributed by atoms with Gasteiger partial charge >= 0.3 is 0 Å². The molecule has 5 aromatic carbocycles. The zero-order valence-electron chi connectivity index (χ0n) is 21.6. The molecule has 8 aromatic rings. The summed E-state index contributed by atoms with van der Waals surface area (Å²) in [5.74, 6) is 0.669. The van der Waals surface area contributed by atoms with E-state index >= 15 is 0 Å². The van der Waals surface area contributed by atoms with Crippen LogP contribution in [0.2, 0.25) is 0 Å². The molecule has 3 aromatic heterocycles. The zero-order chi connectivity index (χ0) is 26.5. The van der Waals surface area contributed by atoms with E-state index < -0.39 is 0 Å². The van der Waals surface area contributed by atoms with Gasteiger partial charge < -0.3 is 4.57 Å². The van der Waals surface area contributed by atoms with Crippen LogP contribution in [0.1, 0.15) is 0 Å². The lowest BCUT2D eigenvalue weighted by molar-refractivity contribution is 0.990. The Bertz CT molecular complexity index is 2140. The number of rotatable bonds is 4. The summed E-state index contributed by atoms with van der Waals surface area (Å²) < 4.78 is 4.39. The first-order valence-corrected chi connectivity index (χ1v) is 13.4. The van der Waals surface area contributed by atoms with Crippen molar-refractivity contribution in [1.29, 1.82) is 0 Å². The highest BCUT2D eigenvalue weighted by Crippen LogP contribution is 2.35. The smallest absolute Gasteiger partial charge is 0.234 e. The van der Waals surface area contributed by atoms with Gasteiger partial charge in [-0.05, 0) is 65.2 Å². The van der Waals surface area contributed by atoms with Gasteiger partial charge in [-0.15, -0.1) is 0 Å². The second kappa shape index (κ2) is 9.07. The minimum atomic E-state index is 0.669. The van der Waals surface area contributed by atoms with Gasteiger partial charge in [0.1, 0.15) is 0 Å². The second-order valence-electron chi connectivity index (χ2n) is 10.0. The summed E-state index contributed by atoms with van der Waals surface area (Å²) in [6.45, 7) is 0. The molecule has 0 amide bonds. The molecule has 0 N–H and O–H groups in total. The first-order valence-electron chi connectivity index (χ1n) is 13.4. The van der Waals surface area contributed by atoms with E-state index in [1.807, 2.05) is 36.7 Å². The van der Waals surface area contributed by atoms with Gasteiger partial charge in [0, 0.05) is 46.0 Å².